The molecule has 3 aliphatic rings. The van der Waals surface area contributed by atoms with E-state index < -0.39 is 18.1 Å². The van der Waals surface area contributed by atoms with E-state index in [0.29, 0.717) is 37.0 Å². The molecule has 1 saturated heterocycles. The first-order chi connectivity index (χ1) is 18.4. The molecule has 2 aliphatic heterocycles. The van der Waals surface area contributed by atoms with E-state index >= 15 is 0 Å². The van der Waals surface area contributed by atoms with E-state index in [1.54, 1.807) is 0 Å². The molecular formula is C28H38F3N5O4. The summed E-state index contributed by atoms with van der Waals surface area (Å²) in [5.74, 6) is -0.620. The van der Waals surface area contributed by atoms with Crippen molar-refractivity contribution in [2.24, 2.45) is 28.4 Å². The van der Waals surface area contributed by atoms with Crippen molar-refractivity contribution >= 4 is 29.8 Å². The molecule has 1 aromatic carbocycles. The number of carbonyl (C=O) groups is 4. The van der Waals surface area contributed by atoms with Crippen molar-refractivity contribution in [2.75, 3.05) is 18.4 Å². The Hall–Kier alpha value is -3.62. The average Bonchev–Trinajstić information content (AvgIpc) is 3.19. The molecule has 1 saturated carbocycles. The molecule has 1 aromatic rings. The predicted molar refractivity (Wildman–Crippen MR) is 142 cm³/mol. The van der Waals surface area contributed by atoms with Gasteiger partial charge in [-0.3, -0.25) is 19.2 Å². The second-order valence-electron chi connectivity index (χ2n) is 12.1. The first kappa shape index (κ1) is 32.6. The van der Waals surface area contributed by atoms with E-state index in [4.69, 9.17) is 10.1 Å². The molecule has 4 N–H and O–H groups in total. The molecule has 0 radical (unpaired) electrons. The number of benzene rings is 1. The Morgan fingerprint density at radius 1 is 1.23 bits per heavy atom. The van der Waals surface area contributed by atoms with E-state index in [2.05, 4.69) is 55.9 Å². The highest BCUT2D eigenvalue weighted by atomic mass is 19.4. The third-order valence-corrected chi connectivity index (χ3v) is 7.52. The Morgan fingerprint density at radius 3 is 2.25 bits per heavy atom. The lowest BCUT2D eigenvalue weighted by atomic mass is 9.91. The van der Waals surface area contributed by atoms with Crippen LogP contribution in [0.5, 0.6) is 0 Å². The number of likely N-dealkylation sites (tertiary alicyclic amines) is 1. The number of halogens is 3. The Balaban J connectivity index is 0.000000230. The molecule has 4 rings (SSSR count). The van der Waals surface area contributed by atoms with Gasteiger partial charge in [0.25, 0.3) is 0 Å². The Kier molecular flexibility index (Phi) is 10.3. The van der Waals surface area contributed by atoms with Crippen molar-refractivity contribution in [3.8, 4) is 6.07 Å². The number of nitriles is 1. The number of nitrogens with one attached hydrogen (secondary N) is 2. The standard InChI is InChI=1S/C13H13N3O2.C13H23NO.C2H2F3NO/c14-7-9(15-8-17)5-6-11-10-3-1-2-4-12(10)16-13(11)18;1-12(2,3)6-11(15)14-7-9-10(8-14)13(9,4)5;3-2(4,5)1(6)7/h1-4,8-9,11H,5-6H2,(H,15,17)(H,16,18);9-10H,6-8H2,1-5H3;(H2,6,7)/t;9-,10?;/m.0./s1. The van der Waals surface area contributed by atoms with E-state index in [1.807, 2.05) is 30.3 Å². The summed E-state index contributed by atoms with van der Waals surface area (Å²) >= 11 is 0. The van der Waals surface area contributed by atoms with Crippen molar-refractivity contribution < 1.29 is 32.3 Å². The molecule has 4 amide bonds. The zero-order chi connectivity index (χ0) is 30.5. The lowest BCUT2D eigenvalue weighted by Crippen LogP contribution is -2.35. The molecule has 40 heavy (non-hydrogen) atoms. The van der Waals surface area contributed by atoms with Crippen LogP contribution in [0.15, 0.2) is 24.3 Å². The van der Waals surface area contributed by atoms with Gasteiger partial charge in [0.2, 0.25) is 18.2 Å². The number of piperidine rings is 1. The number of anilines is 1. The first-order valence-electron chi connectivity index (χ1n) is 13.1. The number of hydrogen-bond acceptors (Lipinski definition) is 5. The molecule has 0 aromatic heterocycles. The second-order valence-corrected chi connectivity index (χ2v) is 12.1. The summed E-state index contributed by atoms with van der Waals surface area (Å²) < 4.78 is 32.1. The van der Waals surface area contributed by atoms with Crippen LogP contribution in [-0.2, 0) is 19.2 Å². The van der Waals surface area contributed by atoms with Gasteiger partial charge in [-0.25, -0.2) is 0 Å². The smallest absolute Gasteiger partial charge is 0.362 e. The highest BCUT2D eigenvalue weighted by Crippen LogP contribution is 2.62. The Morgan fingerprint density at radius 2 is 1.77 bits per heavy atom. The molecule has 0 bridgehead atoms. The van der Waals surface area contributed by atoms with Crippen LogP contribution in [0.3, 0.4) is 0 Å². The molecule has 9 nitrogen and oxygen atoms in total. The van der Waals surface area contributed by atoms with Crippen LogP contribution in [-0.4, -0.2) is 54.3 Å². The minimum absolute atomic E-state index is 0.0426. The summed E-state index contributed by atoms with van der Waals surface area (Å²) in [7, 11) is 0. The topological polar surface area (TPSA) is 145 Å². The van der Waals surface area contributed by atoms with Crippen LogP contribution >= 0.6 is 0 Å². The van der Waals surface area contributed by atoms with Crippen LogP contribution < -0.4 is 16.4 Å². The number of rotatable bonds is 6. The van der Waals surface area contributed by atoms with Crippen molar-refractivity contribution in [3.05, 3.63) is 29.8 Å². The van der Waals surface area contributed by atoms with Gasteiger partial charge >= 0.3 is 12.1 Å². The predicted octanol–water partition coefficient (Wildman–Crippen LogP) is 3.71. The maximum Gasteiger partial charge on any atom is 0.470 e. The van der Waals surface area contributed by atoms with E-state index in [1.165, 1.54) is 0 Å². The van der Waals surface area contributed by atoms with Crippen LogP contribution in [0.4, 0.5) is 18.9 Å². The lowest BCUT2D eigenvalue weighted by Gasteiger charge is -2.26. The number of carbonyl (C=O) groups excluding carboxylic acids is 4. The highest BCUT2D eigenvalue weighted by Gasteiger charge is 2.62. The van der Waals surface area contributed by atoms with Gasteiger partial charge in [0.15, 0.2) is 0 Å². The fourth-order valence-electron chi connectivity index (χ4n) is 5.06. The summed E-state index contributed by atoms with van der Waals surface area (Å²) in [4.78, 5) is 45.3. The molecular weight excluding hydrogens is 527 g/mol. The fraction of sp³-hybridized carbons (Fsp3) is 0.607. The number of nitrogens with zero attached hydrogens (tertiary/aromatic N) is 2. The van der Waals surface area contributed by atoms with Gasteiger partial charge in [-0.2, -0.15) is 18.4 Å². The Bertz CT molecular complexity index is 1130. The zero-order valence-corrected chi connectivity index (χ0v) is 23.5. The molecule has 3 unspecified atom stereocenters. The number of nitrogens with two attached hydrogens (primary N) is 1. The quantitative estimate of drug-likeness (QED) is 0.450. The monoisotopic (exact) mass is 565 g/mol. The molecule has 12 heteroatoms. The second kappa shape index (κ2) is 12.7. The minimum atomic E-state index is -4.86. The third kappa shape index (κ3) is 8.69. The van der Waals surface area contributed by atoms with Crippen LogP contribution in [0.25, 0.3) is 0 Å². The van der Waals surface area contributed by atoms with Crippen LogP contribution in [0, 0.1) is 34.0 Å². The largest absolute Gasteiger partial charge is 0.470 e. The van der Waals surface area contributed by atoms with E-state index in [-0.39, 0.29) is 17.2 Å². The summed E-state index contributed by atoms with van der Waals surface area (Å²) in [6.07, 6.45) is -2.66. The van der Waals surface area contributed by atoms with Gasteiger partial charge in [0.1, 0.15) is 6.04 Å². The fourth-order valence-corrected chi connectivity index (χ4v) is 5.06. The number of alkyl halides is 3. The zero-order valence-electron chi connectivity index (χ0n) is 23.5. The molecule has 0 spiro atoms. The number of hydrogen-bond donors (Lipinski definition) is 3. The molecule has 4 atom stereocenters. The summed E-state index contributed by atoms with van der Waals surface area (Å²) in [5.41, 5.74) is 6.24. The van der Waals surface area contributed by atoms with Crippen molar-refractivity contribution in [1.29, 1.82) is 5.26 Å². The normalized spacial score (nSPS) is 22.5. The number of amides is 4. The van der Waals surface area contributed by atoms with E-state index in [9.17, 15) is 27.6 Å². The first-order valence-corrected chi connectivity index (χ1v) is 13.1. The average molecular weight is 566 g/mol. The third-order valence-electron chi connectivity index (χ3n) is 7.52. The summed E-state index contributed by atoms with van der Waals surface area (Å²) in [5, 5.41) is 14.1. The maximum atomic E-state index is 12.0. The number of para-hydroxylation sites is 1. The molecule has 2 fully saturated rings. The Labute approximate surface area is 232 Å². The maximum absolute atomic E-state index is 12.0. The van der Waals surface area contributed by atoms with Gasteiger partial charge in [-0.15, -0.1) is 0 Å². The van der Waals surface area contributed by atoms with Gasteiger partial charge in [0, 0.05) is 25.2 Å². The van der Waals surface area contributed by atoms with Gasteiger partial charge in [-0.05, 0) is 47.1 Å². The number of fused-ring (bicyclic) bond motifs is 2. The van der Waals surface area contributed by atoms with Crippen LogP contribution in [0.1, 0.15) is 65.4 Å². The van der Waals surface area contributed by atoms with E-state index in [0.717, 1.165) is 36.2 Å². The summed E-state index contributed by atoms with van der Waals surface area (Å²) in [6, 6.07) is 8.98. The van der Waals surface area contributed by atoms with Crippen LogP contribution in [0.2, 0.25) is 0 Å². The van der Waals surface area contributed by atoms with Gasteiger partial charge < -0.3 is 21.3 Å². The molecule has 220 valence electrons. The SMILES string of the molecule is CC(C)(C)CC(=O)N1CC2[C@H](C1)C2(C)C.N#CC(CCC1C(=O)Nc2ccccc21)NC=O.NC(=O)C(F)(F)F. The van der Waals surface area contributed by atoms with Crippen molar-refractivity contribution in [2.45, 2.75) is 72.0 Å². The minimum Gasteiger partial charge on any atom is -0.362 e. The summed E-state index contributed by atoms with van der Waals surface area (Å²) in [6.45, 7) is 13.1. The van der Waals surface area contributed by atoms with Crippen molar-refractivity contribution in [3.63, 3.8) is 0 Å². The molecule has 1 aliphatic carbocycles. The van der Waals surface area contributed by atoms with Gasteiger partial charge in [-0.1, -0.05) is 52.8 Å². The van der Waals surface area contributed by atoms with Crippen molar-refractivity contribution in [1.82, 2.24) is 10.2 Å². The highest BCUT2D eigenvalue weighted by molar-refractivity contribution is 6.02. The molecule has 2 heterocycles. The van der Waals surface area contributed by atoms with Gasteiger partial charge in [0.05, 0.1) is 12.0 Å². The number of primary amides is 1. The lowest BCUT2D eigenvalue weighted by molar-refractivity contribution is -0.169.